The quantitative estimate of drug-likeness (QED) is 0.685. The number of hydrogen-bond donors (Lipinski definition) is 1. The van der Waals surface area contributed by atoms with E-state index in [-0.39, 0.29) is 6.10 Å². The topological polar surface area (TPSA) is 20.2 Å². The molecule has 1 unspecified atom stereocenters. The van der Waals surface area contributed by atoms with Gasteiger partial charge >= 0.3 is 0 Å². The van der Waals surface area contributed by atoms with Gasteiger partial charge in [0.15, 0.2) is 0 Å². The minimum atomic E-state index is -0.257. The predicted octanol–water partition coefficient (Wildman–Crippen LogP) is 5.67. The summed E-state index contributed by atoms with van der Waals surface area (Å²) >= 11 is 0. The monoisotopic (exact) mass is 288 g/mol. The van der Waals surface area contributed by atoms with Crippen LogP contribution in [-0.4, -0.2) is 5.11 Å². The summed E-state index contributed by atoms with van der Waals surface area (Å²) in [4.78, 5) is 0. The molecule has 1 fully saturated rings. The van der Waals surface area contributed by atoms with E-state index < -0.39 is 0 Å². The van der Waals surface area contributed by atoms with Crippen LogP contribution in [0.5, 0.6) is 0 Å². The number of aliphatic hydroxyl groups excluding tert-OH is 1. The van der Waals surface area contributed by atoms with Crippen molar-refractivity contribution in [1.82, 2.24) is 0 Å². The van der Waals surface area contributed by atoms with Gasteiger partial charge in [-0.25, -0.2) is 0 Å². The summed E-state index contributed by atoms with van der Waals surface area (Å²) in [6.07, 6.45) is 11.2. The Hall–Kier alpha value is -0.820. The van der Waals surface area contributed by atoms with E-state index in [0.717, 1.165) is 17.9 Å². The number of unbranched alkanes of at least 4 members (excludes halogenated alkanes) is 1. The fourth-order valence-electron chi connectivity index (χ4n) is 3.73. The Morgan fingerprint density at radius 3 is 2.24 bits per heavy atom. The second kappa shape index (κ2) is 8.58. The van der Waals surface area contributed by atoms with Crippen LogP contribution in [0.15, 0.2) is 24.3 Å². The lowest BCUT2D eigenvalue weighted by atomic mass is 9.76. The van der Waals surface area contributed by atoms with Gasteiger partial charge in [-0.15, -0.1) is 0 Å². The van der Waals surface area contributed by atoms with Gasteiger partial charge in [-0.3, -0.25) is 0 Å². The minimum absolute atomic E-state index is 0.257. The standard InChI is InChI=1S/C20H32O/c1-3-5-7-17-10-14-19(15-11-17)20(21)18-12-8-16(6-4-2)9-13-18/h8-9,12-13,17,19-21H,3-7,10-11,14-15H2,1-2H3. The van der Waals surface area contributed by atoms with E-state index in [1.165, 1.54) is 56.9 Å². The van der Waals surface area contributed by atoms with Crippen molar-refractivity contribution in [3.8, 4) is 0 Å². The molecule has 1 nitrogen and oxygen atoms in total. The van der Waals surface area contributed by atoms with E-state index in [0.29, 0.717) is 5.92 Å². The number of rotatable bonds is 7. The second-order valence-corrected chi connectivity index (χ2v) is 6.86. The Kier molecular flexibility index (Phi) is 6.76. The molecule has 1 aromatic rings. The van der Waals surface area contributed by atoms with Gasteiger partial charge in [0.2, 0.25) is 0 Å². The van der Waals surface area contributed by atoms with E-state index in [4.69, 9.17) is 0 Å². The molecule has 0 radical (unpaired) electrons. The molecule has 0 amide bonds. The Balaban J connectivity index is 1.84. The van der Waals surface area contributed by atoms with Gasteiger partial charge in [0.1, 0.15) is 0 Å². The molecule has 0 aliphatic heterocycles. The van der Waals surface area contributed by atoms with Crippen LogP contribution in [-0.2, 0) is 6.42 Å². The Morgan fingerprint density at radius 1 is 1.00 bits per heavy atom. The number of hydrogen-bond acceptors (Lipinski definition) is 1. The van der Waals surface area contributed by atoms with Crippen LogP contribution >= 0.6 is 0 Å². The molecule has 1 N–H and O–H groups in total. The van der Waals surface area contributed by atoms with Gasteiger partial charge in [0.25, 0.3) is 0 Å². The Labute approximate surface area is 130 Å². The van der Waals surface area contributed by atoms with Gasteiger partial charge in [-0.1, -0.05) is 76.6 Å². The van der Waals surface area contributed by atoms with Gasteiger partial charge in [0.05, 0.1) is 6.10 Å². The van der Waals surface area contributed by atoms with Crippen molar-refractivity contribution >= 4 is 0 Å². The first-order valence-corrected chi connectivity index (χ1v) is 9.01. The second-order valence-electron chi connectivity index (χ2n) is 6.86. The first-order valence-electron chi connectivity index (χ1n) is 9.01. The van der Waals surface area contributed by atoms with Crippen molar-refractivity contribution in [3.05, 3.63) is 35.4 Å². The van der Waals surface area contributed by atoms with Crippen molar-refractivity contribution in [1.29, 1.82) is 0 Å². The maximum atomic E-state index is 10.6. The summed E-state index contributed by atoms with van der Waals surface area (Å²) in [6.45, 7) is 4.48. The van der Waals surface area contributed by atoms with Crippen LogP contribution < -0.4 is 0 Å². The highest BCUT2D eigenvalue weighted by Crippen LogP contribution is 2.38. The van der Waals surface area contributed by atoms with E-state index in [1.54, 1.807) is 0 Å². The van der Waals surface area contributed by atoms with Crippen LogP contribution in [0.2, 0.25) is 0 Å². The zero-order valence-electron chi connectivity index (χ0n) is 13.9. The SMILES string of the molecule is CCCCC1CCC(C(O)c2ccc(CCC)cc2)CC1. The zero-order chi connectivity index (χ0) is 15.1. The van der Waals surface area contributed by atoms with E-state index in [2.05, 4.69) is 38.1 Å². The van der Waals surface area contributed by atoms with E-state index >= 15 is 0 Å². The lowest BCUT2D eigenvalue weighted by molar-refractivity contribution is 0.0720. The first kappa shape index (κ1) is 16.5. The molecule has 0 aromatic heterocycles. The summed E-state index contributed by atoms with van der Waals surface area (Å²) < 4.78 is 0. The highest BCUT2D eigenvalue weighted by molar-refractivity contribution is 5.24. The van der Waals surface area contributed by atoms with E-state index in [1.807, 2.05) is 0 Å². The predicted molar refractivity (Wildman–Crippen MR) is 90.4 cm³/mol. The molecule has 0 spiro atoms. The summed E-state index contributed by atoms with van der Waals surface area (Å²) in [7, 11) is 0. The average molecular weight is 288 g/mol. The third kappa shape index (κ3) is 4.85. The molecule has 0 bridgehead atoms. The maximum absolute atomic E-state index is 10.6. The molecule has 2 rings (SSSR count). The summed E-state index contributed by atoms with van der Waals surface area (Å²) in [5.41, 5.74) is 2.50. The van der Waals surface area contributed by atoms with Gasteiger partial charge in [0, 0.05) is 0 Å². The van der Waals surface area contributed by atoms with Crippen LogP contribution in [0.1, 0.15) is 82.4 Å². The van der Waals surface area contributed by atoms with Crippen LogP contribution in [0.25, 0.3) is 0 Å². The molecule has 1 atom stereocenters. The van der Waals surface area contributed by atoms with Crippen LogP contribution in [0.3, 0.4) is 0 Å². The Bertz CT molecular complexity index is 387. The molecule has 21 heavy (non-hydrogen) atoms. The molecule has 1 heteroatoms. The van der Waals surface area contributed by atoms with Crippen LogP contribution in [0.4, 0.5) is 0 Å². The number of benzene rings is 1. The average Bonchev–Trinajstić information content (AvgIpc) is 2.54. The normalized spacial score (nSPS) is 24.0. The molecule has 118 valence electrons. The highest BCUT2D eigenvalue weighted by atomic mass is 16.3. The summed E-state index contributed by atoms with van der Waals surface area (Å²) in [5.74, 6) is 1.39. The number of aliphatic hydroxyl groups is 1. The third-order valence-electron chi connectivity index (χ3n) is 5.16. The van der Waals surface area contributed by atoms with Gasteiger partial charge < -0.3 is 5.11 Å². The first-order chi connectivity index (χ1) is 10.2. The molecular weight excluding hydrogens is 256 g/mol. The van der Waals surface area contributed by atoms with E-state index in [9.17, 15) is 5.11 Å². The molecule has 1 saturated carbocycles. The zero-order valence-corrected chi connectivity index (χ0v) is 13.9. The van der Waals surface area contributed by atoms with Gasteiger partial charge in [-0.2, -0.15) is 0 Å². The van der Waals surface area contributed by atoms with Crippen molar-refractivity contribution < 1.29 is 5.11 Å². The van der Waals surface area contributed by atoms with Crippen molar-refractivity contribution in [2.24, 2.45) is 11.8 Å². The van der Waals surface area contributed by atoms with Gasteiger partial charge in [-0.05, 0) is 42.2 Å². The third-order valence-corrected chi connectivity index (χ3v) is 5.16. The lowest BCUT2D eigenvalue weighted by Gasteiger charge is -2.31. The highest BCUT2D eigenvalue weighted by Gasteiger charge is 2.26. The molecule has 1 aromatic carbocycles. The Morgan fingerprint density at radius 2 is 1.67 bits per heavy atom. The largest absolute Gasteiger partial charge is 0.388 e. The fourth-order valence-corrected chi connectivity index (χ4v) is 3.73. The summed E-state index contributed by atoms with van der Waals surface area (Å²) in [6, 6.07) is 8.65. The molecule has 0 saturated heterocycles. The van der Waals surface area contributed by atoms with Crippen molar-refractivity contribution in [2.75, 3.05) is 0 Å². The van der Waals surface area contributed by atoms with Crippen molar-refractivity contribution in [3.63, 3.8) is 0 Å². The van der Waals surface area contributed by atoms with Crippen LogP contribution in [0, 0.1) is 11.8 Å². The summed E-state index contributed by atoms with van der Waals surface area (Å²) in [5, 5.41) is 10.6. The molecule has 1 aliphatic rings. The fraction of sp³-hybridized carbons (Fsp3) is 0.700. The molecule has 0 heterocycles. The minimum Gasteiger partial charge on any atom is -0.388 e. The van der Waals surface area contributed by atoms with Crippen molar-refractivity contribution in [2.45, 2.75) is 77.7 Å². The maximum Gasteiger partial charge on any atom is 0.0818 e. The number of aryl methyl sites for hydroxylation is 1. The smallest absolute Gasteiger partial charge is 0.0818 e. The molecular formula is C20H32O. The molecule has 1 aliphatic carbocycles. The lowest BCUT2D eigenvalue weighted by Crippen LogP contribution is -2.20.